The molecule has 1 atom stereocenters. The lowest BCUT2D eigenvalue weighted by Crippen LogP contribution is -2.27. The molecular weight excluding hydrogens is 256 g/mol. The SMILES string of the molecule is CC(C)c1ccccc1N=C1NC(=O)C(C(C)C)S1. The molecule has 3 nitrogen and oxygen atoms in total. The molecule has 1 aliphatic rings. The highest BCUT2D eigenvalue weighted by atomic mass is 32.2. The van der Waals surface area contributed by atoms with Gasteiger partial charge in [-0.1, -0.05) is 57.7 Å². The molecule has 2 rings (SSSR count). The van der Waals surface area contributed by atoms with Crippen LogP contribution in [0.15, 0.2) is 29.3 Å². The summed E-state index contributed by atoms with van der Waals surface area (Å²) >= 11 is 1.53. The number of carbonyl (C=O) groups is 1. The third-order valence-corrected chi connectivity index (χ3v) is 4.54. The maximum atomic E-state index is 11.8. The third-order valence-electron chi connectivity index (χ3n) is 3.11. The molecule has 1 saturated heterocycles. The Morgan fingerprint density at radius 1 is 1.21 bits per heavy atom. The number of benzene rings is 1. The van der Waals surface area contributed by atoms with E-state index in [1.165, 1.54) is 17.3 Å². The molecule has 4 heteroatoms. The van der Waals surface area contributed by atoms with Crippen LogP contribution >= 0.6 is 11.8 Å². The maximum Gasteiger partial charge on any atom is 0.239 e. The van der Waals surface area contributed by atoms with Gasteiger partial charge < -0.3 is 5.32 Å². The molecule has 1 N–H and O–H groups in total. The van der Waals surface area contributed by atoms with E-state index in [-0.39, 0.29) is 11.2 Å². The summed E-state index contributed by atoms with van der Waals surface area (Å²) in [7, 11) is 0. The minimum Gasteiger partial charge on any atom is -0.304 e. The number of para-hydroxylation sites is 1. The van der Waals surface area contributed by atoms with Crippen LogP contribution in [-0.4, -0.2) is 16.3 Å². The normalized spacial score (nSPS) is 21.5. The Balaban J connectivity index is 2.26. The van der Waals surface area contributed by atoms with E-state index in [1.807, 2.05) is 18.2 Å². The number of carbonyl (C=O) groups excluding carboxylic acids is 1. The largest absolute Gasteiger partial charge is 0.304 e. The van der Waals surface area contributed by atoms with Crippen molar-refractivity contribution in [3.63, 3.8) is 0 Å². The number of rotatable bonds is 3. The minimum atomic E-state index is -0.0232. The molecule has 1 aromatic rings. The number of nitrogens with zero attached hydrogens (tertiary/aromatic N) is 1. The zero-order valence-corrected chi connectivity index (χ0v) is 12.6. The maximum absolute atomic E-state index is 11.8. The van der Waals surface area contributed by atoms with E-state index < -0.39 is 0 Å². The second kappa shape index (κ2) is 5.78. The van der Waals surface area contributed by atoms with Crippen LogP contribution in [0.2, 0.25) is 0 Å². The molecule has 102 valence electrons. The fraction of sp³-hybridized carbons (Fsp3) is 0.467. The Labute approximate surface area is 118 Å². The molecule has 1 aliphatic heterocycles. The standard InChI is InChI=1S/C15H20N2OS/c1-9(2)11-7-5-6-8-12(11)16-15-17-14(18)13(19-15)10(3)4/h5-10,13H,1-4H3,(H,16,17,18). The Kier molecular flexibility index (Phi) is 4.30. The average Bonchev–Trinajstić information content (AvgIpc) is 2.71. The van der Waals surface area contributed by atoms with Gasteiger partial charge >= 0.3 is 0 Å². The summed E-state index contributed by atoms with van der Waals surface area (Å²) < 4.78 is 0. The molecule has 0 spiro atoms. The second-order valence-electron chi connectivity index (χ2n) is 5.40. The van der Waals surface area contributed by atoms with Crippen molar-refractivity contribution >= 4 is 28.5 Å². The average molecular weight is 276 g/mol. The second-order valence-corrected chi connectivity index (χ2v) is 6.53. The first-order chi connectivity index (χ1) is 8.99. The van der Waals surface area contributed by atoms with Gasteiger partial charge in [-0.3, -0.25) is 4.79 Å². The first-order valence-electron chi connectivity index (χ1n) is 6.64. The van der Waals surface area contributed by atoms with Crippen molar-refractivity contribution in [3.8, 4) is 0 Å². The summed E-state index contributed by atoms with van der Waals surface area (Å²) in [5.74, 6) is 0.808. The highest BCUT2D eigenvalue weighted by molar-refractivity contribution is 8.15. The molecule has 0 radical (unpaired) electrons. The summed E-state index contributed by atoms with van der Waals surface area (Å²) in [5.41, 5.74) is 2.16. The molecular formula is C15H20N2OS. The summed E-state index contributed by atoms with van der Waals surface area (Å²) in [6.07, 6.45) is 0. The third kappa shape index (κ3) is 3.18. The molecule has 19 heavy (non-hydrogen) atoms. The molecule has 0 bridgehead atoms. The van der Waals surface area contributed by atoms with Gasteiger partial charge in [-0.25, -0.2) is 4.99 Å². The van der Waals surface area contributed by atoms with E-state index in [2.05, 4.69) is 44.1 Å². The van der Waals surface area contributed by atoms with Gasteiger partial charge in [0.25, 0.3) is 0 Å². The topological polar surface area (TPSA) is 41.5 Å². The van der Waals surface area contributed by atoms with Gasteiger partial charge in [-0.15, -0.1) is 0 Å². The van der Waals surface area contributed by atoms with Gasteiger partial charge in [-0.2, -0.15) is 0 Å². The number of thioether (sulfide) groups is 1. The van der Waals surface area contributed by atoms with Gasteiger partial charge in [0.05, 0.1) is 10.9 Å². The lowest BCUT2D eigenvalue weighted by atomic mass is 10.0. The van der Waals surface area contributed by atoms with E-state index in [4.69, 9.17) is 0 Å². The molecule has 1 amide bonds. The Morgan fingerprint density at radius 2 is 1.89 bits per heavy atom. The number of nitrogens with one attached hydrogen (secondary N) is 1. The minimum absolute atomic E-state index is 0.0232. The Hall–Kier alpha value is -1.29. The quantitative estimate of drug-likeness (QED) is 0.915. The smallest absolute Gasteiger partial charge is 0.239 e. The first-order valence-corrected chi connectivity index (χ1v) is 7.52. The summed E-state index contributed by atoms with van der Waals surface area (Å²) in [5, 5.41) is 3.57. The van der Waals surface area contributed by atoms with Crippen molar-refractivity contribution in [2.75, 3.05) is 0 Å². The Bertz CT molecular complexity index is 509. The summed E-state index contributed by atoms with van der Waals surface area (Å²) in [6, 6.07) is 8.09. The van der Waals surface area contributed by atoms with Gasteiger partial charge in [-0.05, 0) is 23.5 Å². The number of amides is 1. The molecule has 0 aromatic heterocycles. The van der Waals surface area contributed by atoms with Crippen LogP contribution in [0, 0.1) is 5.92 Å². The predicted octanol–water partition coefficient (Wildman–Crippen LogP) is 3.69. The summed E-state index contributed by atoms with van der Waals surface area (Å²) in [6.45, 7) is 8.41. The van der Waals surface area contributed by atoms with Crippen LogP contribution in [0.4, 0.5) is 5.69 Å². The number of aliphatic imine (C=N–C) groups is 1. The van der Waals surface area contributed by atoms with Crippen LogP contribution in [-0.2, 0) is 4.79 Å². The van der Waals surface area contributed by atoms with E-state index in [1.54, 1.807) is 0 Å². The molecule has 1 heterocycles. The van der Waals surface area contributed by atoms with Crippen molar-refractivity contribution < 1.29 is 4.79 Å². The zero-order chi connectivity index (χ0) is 14.0. The van der Waals surface area contributed by atoms with Gasteiger partial charge in [0.15, 0.2) is 5.17 Å². The van der Waals surface area contributed by atoms with Crippen LogP contribution in [0.25, 0.3) is 0 Å². The number of hydrogen-bond donors (Lipinski definition) is 1. The van der Waals surface area contributed by atoms with E-state index in [0.29, 0.717) is 11.8 Å². The molecule has 1 fully saturated rings. The molecule has 1 aromatic carbocycles. The lowest BCUT2D eigenvalue weighted by molar-refractivity contribution is -0.119. The highest BCUT2D eigenvalue weighted by Crippen LogP contribution is 2.31. The number of amidine groups is 1. The van der Waals surface area contributed by atoms with Crippen LogP contribution in [0.5, 0.6) is 0 Å². The van der Waals surface area contributed by atoms with Crippen LogP contribution in [0.1, 0.15) is 39.2 Å². The Morgan fingerprint density at radius 3 is 2.47 bits per heavy atom. The van der Waals surface area contributed by atoms with Crippen molar-refractivity contribution in [1.82, 2.24) is 5.32 Å². The van der Waals surface area contributed by atoms with Crippen molar-refractivity contribution in [1.29, 1.82) is 0 Å². The number of hydrogen-bond acceptors (Lipinski definition) is 3. The summed E-state index contributed by atoms with van der Waals surface area (Å²) in [4.78, 5) is 16.4. The van der Waals surface area contributed by atoms with Crippen LogP contribution in [0.3, 0.4) is 0 Å². The lowest BCUT2D eigenvalue weighted by Gasteiger charge is -2.09. The van der Waals surface area contributed by atoms with Gasteiger partial charge in [0.1, 0.15) is 0 Å². The highest BCUT2D eigenvalue weighted by Gasteiger charge is 2.32. The first kappa shape index (κ1) is 14.1. The fourth-order valence-corrected chi connectivity index (χ4v) is 3.05. The zero-order valence-electron chi connectivity index (χ0n) is 11.8. The van der Waals surface area contributed by atoms with E-state index >= 15 is 0 Å². The predicted molar refractivity (Wildman–Crippen MR) is 82.0 cm³/mol. The van der Waals surface area contributed by atoms with Crippen molar-refractivity contribution in [3.05, 3.63) is 29.8 Å². The fourth-order valence-electron chi connectivity index (χ4n) is 2.06. The molecule has 0 saturated carbocycles. The van der Waals surface area contributed by atoms with Gasteiger partial charge in [0.2, 0.25) is 5.91 Å². The molecule has 1 unspecified atom stereocenters. The van der Waals surface area contributed by atoms with Gasteiger partial charge in [0, 0.05) is 0 Å². The van der Waals surface area contributed by atoms with E-state index in [9.17, 15) is 4.79 Å². The van der Waals surface area contributed by atoms with Crippen molar-refractivity contribution in [2.24, 2.45) is 10.9 Å². The van der Waals surface area contributed by atoms with Crippen LogP contribution < -0.4 is 5.32 Å². The molecule has 0 aliphatic carbocycles. The van der Waals surface area contributed by atoms with Crippen molar-refractivity contribution in [2.45, 2.75) is 38.9 Å². The van der Waals surface area contributed by atoms with E-state index in [0.717, 1.165) is 10.9 Å². The monoisotopic (exact) mass is 276 g/mol.